The van der Waals surface area contributed by atoms with Gasteiger partial charge >= 0.3 is 0 Å². The fourth-order valence-electron chi connectivity index (χ4n) is 4.44. The number of nitrogens with zero attached hydrogens (tertiary/aromatic N) is 1. The first kappa shape index (κ1) is 15.4. The Morgan fingerprint density at radius 2 is 2.05 bits per heavy atom. The highest BCUT2D eigenvalue weighted by Gasteiger charge is 2.45. The normalized spacial score (nSPS) is 34.2. The van der Waals surface area contributed by atoms with Gasteiger partial charge in [0.15, 0.2) is 5.96 Å². The second kappa shape index (κ2) is 6.72. The Morgan fingerprint density at radius 1 is 1.23 bits per heavy atom. The van der Waals surface area contributed by atoms with Crippen LogP contribution in [0.25, 0.3) is 0 Å². The van der Waals surface area contributed by atoms with E-state index in [1.807, 2.05) is 0 Å². The lowest BCUT2D eigenvalue weighted by atomic mass is 9.72. The van der Waals surface area contributed by atoms with Gasteiger partial charge in [-0.05, 0) is 55.9 Å². The molecule has 3 nitrogen and oxygen atoms in total. The van der Waals surface area contributed by atoms with Gasteiger partial charge in [0.05, 0.1) is 6.04 Å². The van der Waals surface area contributed by atoms with Gasteiger partial charge in [-0.1, -0.05) is 38.2 Å². The van der Waals surface area contributed by atoms with Crippen LogP contribution in [0.4, 0.5) is 0 Å². The Labute approximate surface area is 134 Å². The standard InChI is InChI=1S/C19H29N3/c1-3-4-5-6-7-8-9-15-13(2)12-14-10-11-16-17(14)18(15)22-19(20)21-16/h4-5,7-8,13-14,16-17H,3,6,9-12H2,1-2H3,(H3,20,21,22)/b5-4-,8-7-/t13-,14+,16+,17-/m1/s1. The number of nitrogens with one attached hydrogen (secondary N) is 1. The van der Waals surface area contributed by atoms with Crippen molar-refractivity contribution in [2.45, 2.75) is 58.4 Å². The predicted molar refractivity (Wildman–Crippen MR) is 93.4 cm³/mol. The molecule has 2 aliphatic carbocycles. The van der Waals surface area contributed by atoms with Crippen molar-refractivity contribution < 1.29 is 0 Å². The van der Waals surface area contributed by atoms with E-state index < -0.39 is 0 Å². The molecule has 0 radical (unpaired) electrons. The fourth-order valence-corrected chi connectivity index (χ4v) is 4.44. The first-order chi connectivity index (χ1) is 10.7. The summed E-state index contributed by atoms with van der Waals surface area (Å²) < 4.78 is 0. The maximum atomic E-state index is 6.02. The zero-order chi connectivity index (χ0) is 15.5. The molecule has 3 heteroatoms. The van der Waals surface area contributed by atoms with Crippen LogP contribution in [-0.2, 0) is 0 Å². The lowest BCUT2D eigenvalue weighted by Crippen LogP contribution is -2.45. The van der Waals surface area contributed by atoms with Crippen molar-refractivity contribution in [1.82, 2.24) is 5.32 Å². The van der Waals surface area contributed by atoms with Crippen LogP contribution in [0.2, 0.25) is 0 Å². The molecule has 0 aromatic carbocycles. The molecule has 3 rings (SSSR count). The largest absolute Gasteiger partial charge is 0.370 e. The molecule has 1 fully saturated rings. The number of nitrogens with two attached hydrogens (primary N) is 1. The van der Waals surface area contributed by atoms with Gasteiger partial charge in [0.25, 0.3) is 0 Å². The van der Waals surface area contributed by atoms with E-state index in [0.29, 0.717) is 23.8 Å². The third-order valence-corrected chi connectivity index (χ3v) is 5.43. The van der Waals surface area contributed by atoms with E-state index in [0.717, 1.165) is 25.2 Å². The van der Waals surface area contributed by atoms with E-state index in [2.05, 4.69) is 48.5 Å². The molecule has 0 bridgehead atoms. The molecule has 0 spiro atoms. The average Bonchev–Trinajstić information content (AvgIpc) is 2.88. The molecular formula is C19H29N3. The maximum Gasteiger partial charge on any atom is 0.193 e. The first-order valence-electron chi connectivity index (χ1n) is 8.84. The molecule has 3 N–H and O–H groups in total. The fraction of sp³-hybridized carbons (Fsp3) is 0.632. The van der Waals surface area contributed by atoms with Crippen molar-refractivity contribution >= 4 is 5.96 Å². The average molecular weight is 299 g/mol. The molecule has 1 saturated carbocycles. The Hall–Kier alpha value is -1.51. The third kappa shape index (κ3) is 2.99. The third-order valence-electron chi connectivity index (χ3n) is 5.43. The van der Waals surface area contributed by atoms with Crippen LogP contribution in [0.5, 0.6) is 0 Å². The van der Waals surface area contributed by atoms with Gasteiger partial charge < -0.3 is 11.1 Å². The maximum absolute atomic E-state index is 6.02. The lowest BCUT2D eigenvalue weighted by Gasteiger charge is -2.39. The van der Waals surface area contributed by atoms with Crippen molar-refractivity contribution in [2.24, 2.45) is 28.5 Å². The minimum atomic E-state index is 0.431. The summed E-state index contributed by atoms with van der Waals surface area (Å²) in [7, 11) is 0. The summed E-state index contributed by atoms with van der Waals surface area (Å²) in [5.41, 5.74) is 8.99. The highest BCUT2D eigenvalue weighted by atomic mass is 15.2. The smallest absolute Gasteiger partial charge is 0.193 e. The van der Waals surface area contributed by atoms with Crippen molar-refractivity contribution in [3.05, 3.63) is 35.6 Å². The first-order valence-corrected chi connectivity index (χ1v) is 8.84. The van der Waals surface area contributed by atoms with Gasteiger partial charge in [-0.3, -0.25) is 0 Å². The van der Waals surface area contributed by atoms with E-state index in [4.69, 9.17) is 5.73 Å². The zero-order valence-corrected chi connectivity index (χ0v) is 13.9. The highest BCUT2D eigenvalue weighted by molar-refractivity contribution is 5.81. The van der Waals surface area contributed by atoms with Gasteiger partial charge in [-0.2, -0.15) is 0 Å². The molecule has 1 heterocycles. The number of aliphatic imine (C=N–C) groups is 1. The second-order valence-corrected chi connectivity index (χ2v) is 6.94. The van der Waals surface area contributed by atoms with Crippen LogP contribution in [0.1, 0.15) is 52.4 Å². The molecule has 0 unspecified atom stereocenters. The number of hydrogen-bond donors (Lipinski definition) is 2. The van der Waals surface area contributed by atoms with Crippen molar-refractivity contribution in [3.8, 4) is 0 Å². The molecule has 22 heavy (non-hydrogen) atoms. The molecule has 0 saturated heterocycles. The van der Waals surface area contributed by atoms with E-state index in [-0.39, 0.29) is 0 Å². The van der Waals surface area contributed by atoms with Crippen molar-refractivity contribution in [3.63, 3.8) is 0 Å². The van der Waals surface area contributed by atoms with Gasteiger partial charge in [0, 0.05) is 11.6 Å². The predicted octanol–water partition coefficient (Wildman–Crippen LogP) is 3.90. The summed E-state index contributed by atoms with van der Waals surface area (Å²) in [5, 5.41) is 3.42. The Bertz CT molecular complexity index is 527. The van der Waals surface area contributed by atoms with Gasteiger partial charge in [-0.25, -0.2) is 4.99 Å². The summed E-state index contributed by atoms with van der Waals surface area (Å²) in [6, 6.07) is 0.431. The van der Waals surface area contributed by atoms with Crippen molar-refractivity contribution in [1.29, 1.82) is 0 Å². The van der Waals surface area contributed by atoms with E-state index in [1.54, 1.807) is 5.57 Å². The zero-order valence-electron chi connectivity index (χ0n) is 13.9. The van der Waals surface area contributed by atoms with E-state index in [9.17, 15) is 0 Å². The number of hydrogen-bond acceptors (Lipinski definition) is 3. The van der Waals surface area contributed by atoms with Crippen LogP contribution < -0.4 is 11.1 Å². The monoisotopic (exact) mass is 299 g/mol. The van der Waals surface area contributed by atoms with Crippen molar-refractivity contribution in [2.75, 3.05) is 0 Å². The molecule has 120 valence electrons. The van der Waals surface area contributed by atoms with Crippen LogP contribution in [0.3, 0.4) is 0 Å². The van der Waals surface area contributed by atoms with E-state index >= 15 is 0 Å². The Balaban J connectivity index is 1.76. The quantitative estimate of drug-likeness (QED) is 0.757. The second-order valence-electron chi connectivity index (χ2n) is 6.94. The number of guanidine groups is 1. The SMILES string of the molecule is CC/C=C\C/C=C\CC1=C2NC(N)=N[C@H]3CC[C@@H](C[C@H]1C)[C@@H]23. The summed E-state index contributed by atoms with van der Waals surface area (Å²) in [6.45, 7) is 4.55. The van der Waals surface area contributed by atoms with Crippen LogP contribution in [0.15, 0.2) is 40.6 Å². The summed E-state index contributed by atoms with van der Waals surface area (Å²) in [5.74, 6) is 2.69. The van der Waals surface area contributed by atoms with E-state index in [1.165, 1.54) is 25.0 Å². The number of allylic oxidation sites excluding steroid dienone is 5. The molecule has 3 aliphatic rings. The summed E-state index contributed by atoms with van der Waals surface area (Å²) in [6.07, 6.45) is 16.1. The topological polar surface area (TPSA) is 50.4 Å². The van der Waals surface area contributed by atoms with Crippen LogP contribution in [0, 0.1) is 17.8 Å². The van der Waals surface area contributed by atoms with Gasteiger partial charge in [-0.15, -0.1) is 0 Å². The minimum Gasteiger partial charge on any atom is -0.370 e. The molecule has 0 amide bonds. The highest BCUT2D eigenvalue weighted by Crippen LogP contribution is 2.49. The summed E-state index contributed by atoms with van der Waals surface area (Å²) >= 11 is 0. The molecule has 0 aromatic rings. The van der Waals surface area contributed by atoms with Gasteiger partial charge in [0.1, 0.15) is 0 Å². The Kier molecular flexibility index (Phi) is 4.70. The van der Waals surface area contributed by atoms with Crippen LogP contribution in [-0.4, -0.2) is 12.0 Å². The summed E-state index contributed by atoms with van der Waals surface area (Å²) in [4.78, 5) is 4.64. The van der Waals surface area contributed by atoms with Gasteiger partial charge in [0.2, 0.25) is 0 Å². The molecule has 1 aliphatic heterocycles. The molecule has 4 atom stereocenters. The van der Waals surface area contributed by atoms with Crippen LogP contribution >= 0.6 is 0 Å². The minimum absolute atomic E-state index is 0.431. The molecular weight excluding hydrogens is 270 g/mol. The lowest BCUT2D eigenvalue weighted by molar-refractivity contribution is 0.302. The number of rotatable bonds is 5. The molecule has 0 aromatic heterocycles. The Morgan fingerprint density at radius 3 is 2.86 bits per heavy atom.